The Bertz CT molecular complexity index is 1210. The molecule has 1 aromatic carbocycles. The van der Waals surface area contributed by atoms with Crippen LogP contribution in [0.4, 0.5) is 0 Å². The zero-order valence-electron chi connectivity index (χ0n) is 19.0. The molecule has 34 heavy (non-hydrogen) atoms. The third-order valence-corrected chi connectivity index (χ3v) is 6.47. The predicted molar refractivity (Wildman–Crippen MR) is 121 cm³/mol. The number of methoxy groups -OCH3 is 2. The highest BCUT2D eigenvalue weighted by molar-refractivity contribution is 7.52. The van der Waals surface area contributed by atoms with Crippen molar-refractivity contribution in [2.45, 2.75) is 32.2 Å². The van der Waals surface area contributed by atoms with E-state index < -0.39 is 43.3 Å². The smallest absolute Gasteiger partial charge is 0.459 e. The lowest BCUT2D eigenvalue weighted by molar-refractivity contribution is -0.142. The van der Waals surface area contributed by atoms with Crippen LogP contribution in [0, 0.1) is 6.92 Å². The van der Waals surface area contributed by atoms with Crippen LogP contribution in [0.2, 0.25) is 0 Å². The molecule has 0 radical (unpaired) electrons. The molecule has 0 aliphatic carbocycles. The quantitative estimate of drug-likeness (QED) is 0.283. The second-order valence-corrected chi connectivity index (χ2v) is 9.06. The summed E-state index contributed by atoms with van der Waals surface area (Å²) in [5.74, 6) is 0.124. The molecule has 2 N–H and O–H groups in total. The summed E-state index contributed by atoms with van der Waals surface area (Å²) < 4.78 is 41.3. The highest BCUT2D eigenvalue weighted by Crippen LogP contribution is 2.45. The van der Waals surface area contributed by atoms with Crippen LogP contribution in [-0.4, -0.2) is 48.5 Å². The molecule has 0 unspecified atom stereocenters. The number of nitrogens with zero attached hydrogens (tertiary/aromatic N) is 1. The monoisotopic (exact) mass is 495 g/mol. The molecule has 3 rings (SSSR count). The normalized spacial score (nSPS) is 19.9. The maximum absolute atomic E-state index is 13.4. The first kappa shape index (κ1) is 25.4. The van der Waals surface area contributed by atoms with Crippen LogP contribution in [0.3, 0.4) is 0 Å². The molecule has 1 aliphatic heterocycles. The molecule has 4 atom stereocenters. The zero-order valence-corrected chi connectivity index (χ0v) is 19.9. The summed E-state index contributed by atoms with van der Waals surface area (Å²) in [4.78, 5) is 37.7. The van der Waals surface area contributed by atoms with Gasteiger partial charge in [-0.2, -0.15) is 5.09 Å². The van der Waals surface area contributed by atoms with Gasteiger partial charge in [0.2, 0.25) is 0 Å². The van der Waals surface area contributed by atoms with Gasteiger partial charge < -0.3 is 18.7 Å². The van der Waals surface area contributed by atoms with Gasteiger partial charge in [0.25, 0.3) is 5.56 Å². The van der Waals surface area contributed by atoms with Crippen molar-refractivity contribution < 1.29 is 32.6 Å². The molecule has 2 heterocycles. The van der Waals surface area contributed by atoms with E-state index in [2.05, 4.69) is 14.8 Å². The van der Waals surface area contributed by atoms with Gasteiger partial charge in [-0.3, -0.25) is 23.7 Å². The average molecular weight is 495 g/mol. The summed E-state index contributed by atoms with van der Waals surface area (Å²) in [6.45, 7) is 2.79. The highest BCUT2D eigenvalue weighted by Gasteiger charge is 2.34. The van der Waals surface area contributed by atoms with Crippen LogP contribution in [-0.2, 0) is 23.4 Å². The SMILES string of the molecule is COC(=O)[C@H](C)N[P@@](=O)(OC[C@@H]1C=C[C@H](n2cc(C)c(=O)[nH]c2=O)O1)Oc1ccc(OC)cc1. The predicted octanol–water partition coefficient (Wildman–Crippen LogP) is 1.66. The molecule has 1 aliphatic rings. The summed E-state index contributed by atoms with van der Waals surface area (Å²) >= 11 is 0. The van der Waals surface area contributed by atoms with Crippen LogP contribution in [0.15, 0.2) is 52.2 Å². The number of aromatic amines is 1. The molecule has 184 valence electrons. The number of H-pyrrole nitrogens is 1. The lowest BCUT2D eigenvalue weighted by atomic mass is 10.3. The molecule has 2 aromatic rings. The van der Waals surface area contributed by atoms with Crippen molar-refractivity contribution in [3.63, 3.8) is 0 Å². The van der Waals surface area contributed by atoms with Gasteiger partial charge in [0.1, 0.15) is 23.6 Å². The zero-order chi connectivity index (χ0) is 24.9. The number of aromatic nitrogens is 2. The van der Waals surface area contributed by atoms with E-state index in [1.165, 1.54) is 44.0 Å². The average Bonchev–Trinajstić information content (AvgIpc) is 3.29. The van der Waals surface area contributed by atoms with Crippen molar-refractivity contribution in [2.75, 3.05) is 20.8 Å². The molecular weight excluding hydrogens is 469 g/mol. The molecule has 0 saturated carbocycles. The Hall–Kier alpha value is -3.18. The number of carbonyl (C=O) groups excluding carboxylic acids is 1. The van der Waals surface area contributed by atoms with Crippen molar-refractivity contribution >= 4 is 13.7 Å². The number of nitrogens with one attached hydrogen (secondary N) is 2. The van der Waals surface area contributed by atoms with E-state index >= 15 is 0 Å². The van der Waals surface area contributed by atoms with E-state index in [1.54, 1.807) is 31.2 Å². The second kappa shape index (κ2) is 10.8. The van der Waals surface area contributed by atoms with E-state index in [-0.39, 0.29) is 12.4 Å². The highest BCUT2D eigenvalue weighted by atomic mass is 31.2. The van der Waals surface area contributed by atoms with Crippen molar-refractivity contribution in [1.29, 1.82) is 0 Å². The lowest BCUT2D eigenvalue weighted by Crippen LogP contribution is -2.35. The van der Waals surface area contributed by atoms with Gasteiger partial charge in [-0.15, -0.1) is 0 Å². The number of aryl methyl sites for hydroxylation is 1. The van der Waals surface area contributed by atoms with Gasteiger partial charge >= 0.3 is 19.4 Å². The molecule has 0 saturated heterocycles. The summed E-state index contributed by atoms with van der Waals surface area (Å²) in [6.07, 6.45) is 3.13. The third-order valence-electron chi connectivity index (χ3n) is 4.82. The Morgan fingerprint density at radius 3 is 2.53 bits per heavy atom. The fourth-order valence-electron chi connectivity index (χ4n) is 3.02. The number of esters is 1. The fraction of sp³-hybridized carbons (Fsp3) is 0.381. The Morgan fingerprint density at radius 1 is 1.21 bits per heavy atom. The Morgan fingerprint density at radius 2 is 1.88 bits per heavy atom. The van der Waals surface area contributed by atoms with Gasteiger partial charge in [0.05, 0.1) is 20.8 Å². The van der Waals surface area contributed by atoms with Crippen LogP contribution < -0.4 is 25.6 Å². The maximum Gasteiger partial charge on any atom is 0.459 e. The van der Waals surface area contributed by atoms with Gasteiger partial charge in [0.15, 0.2) is 6.23 Å². The summed E-state index contributed by atoms with van der Waals surface area (Å²) in [7, 11) is -1.37. The summed E-state index contributed by atoms with van der Waals surface area (Å²) in [6, 6.07) is 5.30. The van der Waals surface area contributed by atoms with Crippen molar-refractivity contribution in [3.05, 3.63) is 69.0 Å². The maximum atomic E-state index is 13.4. The second-order valence-electron chi connectivity index (χ2n) is 7.36. The van der Waals surface area contributed by atoms with Gasteiger partial charge in [-0.1, -0.05) is 6.08 Å². The first-order valence-corrected chi connectivity index (χ1v) is 11.8. The number of hydrogen-bond donors (Lipinski definition) is 2. The third kappa shape index (κ3) is 6.23. The first-order chi connectivity index (χ1) is 16.1. The van der Waals surface area contributed by atoms with Crippen LogP contribution in [0.25, 0.3) is 0 Å². The van der Waals surface area contributed by atoms with Crippen LogP contribution in [0.5, 0.6) is 11.5 Å². The van der Waals surface area contributed by atoms with E-state index in [4.69, 9.17) is 18.5 Å². The van der Waals surface area contributed by atoms with Gasteiger partial charge in [-0.05, 0) is 44.2 Å². The fourth-order valence-corrected chi connectivity index (χ4v) is 4.52. The number of ether oxygens (including phenoxy) is 3. The molecule has 13 heteroatoms. The van der Waals surface area contributed by atoms with Gasteiger partial charge in [0, 0.05) is 11.8 Å². The van der Waals surface area contributed by atoms with E-state index in [1.807, 2.05) is 0 Å². The lowest BCUT2D eigenvalue weighted by Gasteiger charge is -2.24. The van der Waals surface area contributed by atoms with Crippen molar-refractivity contribution in [3.8, 4) is 11.5 Å². The molecule has 0 spiro atoms. The minimum absolute atomic E-state index is 0.213. The molecular formula is C21H26N3O9P. The molecule has 0 bridgehead atoms. The van der Waals surface area contributed by atoms with Crippen molar-refractivity contribution in [1.82, 2.24) is 14.6 Å². The molecule has 1 aromatic heterocycles. The minimum atomic E-state index is -4.08. The Labute approximate surface area is 195 Å². The van der Waals surface area contributed by atoms with Crippen LogP contribution in [0.1, 0.15) is 18.7 Å². The topological polar surface area (TPSA) is 147 Å². The van der Waals surface area contributed by atoms with Gasteiger partial charge in [-0.25, -0.2) is 9.36 Å². The largest absolute Gasteiger partial charge is 0.497 e. The summed E-state index contributed by atoms with van der Waals surface area (Å²) in [5, 5.41) is 2.54. The number of rotatable bonds is 10. The Balaban J connectivity index is 1.71. The summed E-state index contributed by atoms with van der Waals surface area (Å²) in [5.41, 5.74) is -0.769. The Kier molecular flexibility index (Phi) is 8.11. The molecule has 0 amide bonds. The first-order valence-electron chi connectivity index (χ1n) is 10.2. The minimum Gasteiger partial charge on any atom is -0.497 e. The molecule has 12 nitrogen and oxygen atoms in total. The van der Waals surface area contributed by atoms with E-state index in [0.717, 1.165) is 0 Å². The number of benzene rings is 1. The molecule has 0 fully saturated rings. The van der Waals surface area contributed by atoms with E-state index in [9.17, 15) is 18.9 Å². The van der Waals surface area contributed by atoms with Crippen LogP contribution >= 0.6 is 7.75 Å². The van der Waals surface area contributed by atoms with Crippen molar-refractivity contribution in [2.24, 2.45) is 0 Å². The standard InChI is InChI=1S/C21H26N3O9P/c1-13-11-24(21(27)22-19(13)25)18-10-9-17(32-18)12-31-34(28,23-14(2)20(26)30-4)33-16-7-5-15(29-3)6-8-16/h5-11,14,17-18H,12H2,1-4H3,(H,23,28)(H,22,25,27)/t14-,17-,18+,34+/m0/s1. The number of hydrogen-bond acceptors (Lipinski definition) is 9. The number of carbonyl (C=O) groups is 1. The van der Waals surface area contributed by atoms with E-state index in [0.29, 0.717) is 11.3 Å².